The fraction of sp³-hybridized carbons (Fsp3) is 0.588. The minimum Gasteiger partial charge on any atom is -0.480 e. The molecule has 0 aromatic carbocycles. The lowest BCUT2D eigenvalue weighted by Gasteiger charge is -2.24. The maximum Gasteiger partial charge on any atom is 0.326 e. The molecule has 0 radical (unpaired) electrons. The minimum atomic E-state index is -1.07. The van der Waals surface area contributed by atoms with Gasteiger partial charge < -0.3 is 15.7 Å². The van der Waals surface area contributed by atoms with Crippen molar-refractivity contribution in [2.75, 3.05) is 0 Å². The molecule has 1 aromatic heterocycles. The number of hydrogen-bond donors (Lipinski definition) is 3. The molecule has 0 saturated carbocycles. The number of nitrogens with one attached hydrogen (secondary N) is 2. The highest BCUT2D eigenvalue weighted by Gasteiger charge is 2.27. The van der Waals surface area contributed by atoms with Crippen LogP contribution in [0.5, 0.6) is 0 Å². The van der Waals surface area contributed by atoms with Crippen molar-refractivity contribution in [3.8, 4) is 0 Å². The Morgan fingerprint density at radius 3 is 2.33 bits per heavy atom. The number of thiophene rings is 1. The third kappa shape index (κ3) is 7.59. The van der Waals surface area contributed by atoms with E-state index in [0.717, 1.165) is 5.56 Å². The van der Waals surface area contributed by atoms with Crippen molar-refractivity contribution in [2.24, 2.45) is 5.41 Å². The number of aliphatic carboxylic acids is 1. The van der Waals surface area contributed by atoms with Crippen LogP contribution >= 0.6 is 11.3 Å². The van der Waals surface area contributed by atoms with Gasteiger partial charge in [-0.05, 0) is 40.6 Å². The molecule has 2 unspecified atom stereocenters. The van der Waals surface area contributed by atoms with Gasteiger partial charge in [-0.2, -0.15) is 11.3 Å². The van der Waals surface area contributed by atoms with Gasteiger partial charge in [-0.15, -0.1) is 0 Å². The Labute approximate surface area is 146 Å². The van der Waals surface area contributed by atoms with Gasteiger partial charge in [0.25, 0.3) is 0 Å². The highest BCUT2D eigenvalue weighted by Crippen LogP contribution is 2.21. The molecule has 3 N–H and O–H groups in total. The lowest BCUT2D eigenvalue weighted by molar-refractivity contribution is -0.142. The van der Waals surface area contributed by atoms with Gasteiger partial charge in [0.1, 0.15) is 12.1 Å². The standard InChI is InChI=1S/C17H26N2O4S/c1-11(20)18-14(9-12-6-8-24-10-12)15(21)19-13(16(22)23)5-7-17(2,3)4/h6,8,10,13-14H,5,7,9H2,1-4H3,(H,18,20)(H,19,21)(H,22,23). The van der Waals surface area contributed by atoms with Gasteiger partial charge in [-0.25, -0.2) is 4.79 Å². The van der Waals surface area contributed by atoms with Gasteiger partial charge in [0.2, 0.25) is 11.8 Å². The number of rotatable bonds is 8. The minimum absolute atomic E-state index is 0.0217. The Hall–Kier alpha value is -1.89. The summed E-state index contributed by atoms with van der Waals surface area (Å²) in [5.74, 6) is -1.87. The highest BCUT2D eigenvalue weighted by atomic mass is 32.1. The summed E-state index contributed by atoms with van der Waals surface area (Å²) < 4.78 is 0. The van der Waals surface area contributed by atoms with Gasteiger partial charge in [-0.1, -0.05) is 20.8 Å². The Kier molecular flexibility index (Phi) is 7.41. The van der Waals surface area contributed by atoms with Crippen LogP contribution in [0.2, 0.25) is 0 Å². The van der Waals surface area contributed by atoms with Crippen molar-refractivity contribution in [3.05, 3.63) is 22.4 Å². The first kappa shape index (κ1) is 20.2. The van der Waals surface area contributed by atoms with Crippen molar-refractivity contribution >= 4 is 29.1 Å². The van der Waals surface area contributed by atoms with E-state index in [1.807, 2.05) is 37.6 Å². The lowest BCUT2D eigenvalue weighted by atomic mass is 9.88. The molecule has 2 atom stereocenters. The monoisotopic (exact) mass is 354 g/mol. The van der Waals surface area contributed by atoms with E-state index in [4.69, 9.17) is 0 Å². The lowest BCUT2D eigenvalue weighted by Crippen LogP contribution is -2.52. The molecule has 1 rings (SSSR count). The summed E-state index contributed by atoms with van der Waals surface area (Å²) in [6.07, 6.45) is 1.34. The van der Waals surface area contributed by atoms with Gasteiger partial charge >= 0.3 is 5.97 Å². The quantitative estimate of drug-likeness (QED) is 0.667. The molecule has 2 amide bonds. The molecule has 0 fully saturated rings. The molecule has 0 bridgehead atoms. The molecule has 0 saturated heterocycles. The fourth-order valence-electron chi connectivity index (χ4n) is 2.21. The van der Waals surface area contributed by atoms with Crippen LogP contribution in [0.15, 0.2) is 16.8 Å². The molecule has 0 aliphatic carbocycles. The van der Waals surface area contributed by atoms with Crippen molar-refractivity contribution < 1.29 is 19.5 Å². The number of hydrogen-bond acceptors (Lipinski definition) is 4. The van der Waals surface area contributed by atoms with Crippen LogP contribution in [0.3, 0.4) is 0 Å². The maximum absolute atomic E-state index is 12.5. The first-order valence-electron chi connectivity index (χ1n) is 7.90. The molecule has 0 aliphatic heterocycles. The second-order valence-electron chi connectivity index (χ2n) is 7.09. The summed E-state index contributed by atoms with van der Waals surface area (Å²) in [4.78, 5) is 35.2. The van der Waals surface area contributed by atoms with Gasteiger partial charge in [0, 0.05) is 13.3 Å². The number of carbonyl (C=O) groups excluding carboxylic acids is 2. The molecule has 1 aromatic rings. The topological polar surface area (TPSA) is 95.5 Å². The average Bonchev–Trinajstić information content (AvgIpc) is 2.93. The molecule has 0 spiro atoms. The number of carbonyl (C=O) groups is 3. The number of amides is 2. The predicted molar refractivity (Wildman–Crippen MR) is 93.9 cm³/mol. The van der Waals surface area contributed by atoms with Crippen molar-refractivity contribution in [1.29, 1.82) is 0 Å². The van der Waals surface area contributed by atoms with Gasteiger partial charge in [-0.3, -0.25) is 9.59 Å². The van der Waals surface area contributed by atoms with Gasteiger partial charge in [0.05, 0.1) is 0 Å². The Bertz CT molecular complexity index is 564. The SMILES string of the molecule is CC(=O)NC(Cc1ccsc1)C(=O)NC(CCC(C)(C)C)C(=O)O. The molecule has 134 valence electrons. The van der Waals surface area contributed by atoms with Crippen LogP contribution in [-0.4, -0.2) is 35.0 Å². The first-order valence-corrected chi connectivity index (χ1v) is 8.84. The van der Waals surface area contributed by atoms with E-state index in [0.29, 0.717) is 19.3 Å². The zero-order chi connectivity index (χ0) is 18.3. The van der Waals surface area contributed by atoms with Crippen LogP contribution in [0.1, 0.15) is 46.1 Å². The van der Waals surface area contributed by atoms with Crippen LogP contribution in [0, 0.1) is 5.41 Å². The fourth-order valence-corrected chi connectivity index (χ4v) is 2.89. The van der Waals surface area contributed by atoms with Crippen molar-refractivity contribution in [1.82, 2.24) is 10.6 Å². The third-order valence-corrected chi connectivity index (χ3v) is 4.24. The molecule has 1 heterocycles. The van der Waals surface area contributed by atoms with E-state index in [2.05, 4.69) is 10.6 Å². The van der Waals surface area contributed by atoms with Crippen LogP contribution < -0.4 is 10.6 Å². The first-order chi connectivity index (χ1) is 11.1. The normalized spacial score (nSPS) is 13.8. The summed E-state index contributed by atoms with van der Waals surface area (Å²) in [5, 5.41) is 18.3. The van der Waals surface area contributed by atoms with E-state index in [9.17, 15) is 19.5 Å². The summed E-state index contributed by atoms with van der Waals surface area (Å²) >= 11 is 1.50. The largest absolute Gasteiger partial charge is 0.480 e. The summed E-state index contributed by atoms with van der Waals surface area (Å²) in [7, 11) is 0. The second-order valence-corrected chi connectivity index (χ2v) is 7.87. The van der Waals surface area contributed by atoms with E-state index in [-0.39, 0.29) is 11.3 Å². The van der Waals surface area contributed by atoms with E-state index >= 15 is 0 Å². The van der Waals surface area contributed by atoms with Crippen LogP contribution in [-0.2, 0) is 20.8 Å². The zero-order valence-corrected chi connectivity index (χ0v) is 15.4. The Balaban J connectivity index is 2.75. The Morgan fingerprint density at radius 2 is 1.88 bits per heavy atom. The molecule has 24 heavy (non-hydrogen) atoms. The third-order valence-electron chi connectivity index (χ3n) is 3.51. The number of carboxylic acid groups (broad SMARTS) is 1. The number of carboxylic acids is 1. The van der Waals surface area contributed by atoms with E-state index in [1.165, 1.54) is 18.3 Å². The molecule has 7 heteroatoms. The molecule has 6 nitrogen and oxygen atoms in total. The van der Waals surface area contributed by atoms with Crippen molar-refractivity contribution in [2.45, 2.75) is 59.0 Å². The van der Waals surface area contributed by atoms with Crippen molar-refractivity contribution in [3.63, 3.8) is 0 Å². The summed E-state index contributed by atoms with van der Waals surface area (Å²) in [6, 6.07) is 0.130. The Morgan fingerprint density at radius 1 is 1.21 bits per heavy atom. The van der Waals surface area contributed by atoms with Crippen LogP contribution in [0.25, 0.3) is 0 Å². The van der Waals surface area contributed by atoms with E-state index < -0.39 is 24.0 Å². The highest BCUT2D eigenvalue weighted by molar-refractivity contribution is 7.07. The molecular weight excluding hydrogens is 328 g/mol. The van der Waals surface area contributed by atoms with E-state index in [1.54, 1.807) is 0 Å². The maximum atomic E-state index is 12.5. The zero-order valence-electron chi connectivity index (χ0n) is 14.6. The predicted octanol–water partition coefficient (Wildman–Crippen LogP) is 2.19. The van der Waals surface area contributed by atoms with Crippen LogP contribution in [0.4, 0.5) is 0 Å². The smallest absolute Gasteiger partial charge is 0.326 e. The molecular formula is C17H26N2O4S. The average molecular weight is 354 g/mol. The van der Waals surface area contributed by atoms with Gasteiger partial charge in [0.15, 0.2) is 0 Å². The summed E-state index contributed by atoms with van der Waals surface area (Å²) in [5.41, 5.74) is 0.905. The second kappa shape index (κ2) is 8.82. The molecule has 0 aliphatic rings. The summed E-state index contributed by atoms with van der Waals surface area (Å²) in [6.45, 7) is 7.39.